The third-order valence-electron chi connectivity index (χ3n) is 4.45. The van der Waals surface area contributed by atoms with Gasteiger partial charge in [0.05, 0.1) is 0 Å². The summed E-state index contributed by atoms with van der Waals surface area (Å²) in [5.74, 6) is 1.84. The second-order valence-electron chi connectivity index (χ2n) is 5.50. The van der Waals surface area contributed by atoms with Gasteiger partial charge in [0, 0.05) is 12.3 Å². The average Bonchev–Trinajstić information content (AvgIpc) is 2.77. The molecule has 0 saturated heterocycles. The highest BCUT2D eigenvalue weighted by atomic mass is 19.1. The molecule has 0 aromatic heterocycles. The van der Waals surface area contributed by atoms with Crippen LogP contribution in [0.4, 0.5) is 4.39 Å². The number of hydrogen-bond donors (Lipinski definition) is 0. The van der Waals surface area contributed by atoms with E-state index in [1.54, 1.807) is 6.07 Å². The van der Waals surface area contributed by atoms with Crippen LogP contribution >= 0.6 is 0 Å². The van der Waals surface area contributed by atoms with Gasteiger partial charge in [-0.25, -0.2) is 4.39 Å². The van der Waals surface area contributed by atoms with Crippen LogP contribution in [0, 0.1) is 30.5 Å². The second-order valence-corrected chi connectivity index (χ2v) is 5.50. The monoisotopic (exact) mass is 232 g/mol. The fourth-order valence-corrected chi connectivity index (χ4v) is 3.46. The SMILES string of the molecule is Cc1cc(F)ccc1CC(=O)C1C2CCCC21. The quantitative estimate of drug-likeness (QED) is 0.781. The molecule has 2 atom stereocenters. The van der Waals surface area contributed by atoms with E-state index in [1.165, 1.54) is 31.4 Å². The van der Waals surface area contributed by atoms with Gasteiger partial charge in [-0.3, -0.25) is 4.79 Å². The highest BCUT2D eigenvalue weighted by Gasteiger charge is 2.55. The van der Waals surface area contributed by atoms with Crippen LogP contribution in [0.25, 0.3) is 0 Å². The summed E-state index contributed by atoms with van der Waals surface area (Å²) in [4.78, 5) is 12.1. The van der Waals surface area contributed by atoms with Crippen LogP contribution in [-0.2, 0) is 11.2 Å². The molecule has 1 aromatic carbocycles. The summed E-state index contributed by atoms with van der Waals surface area (Å²) in [5, 5.41) is 0. The van der Waals surface area contributed by atoms with Crippen molar-refractivity contribution >= 4 is 5.78 Å². The number of halogens is 1. The van der Waals surface area contributed by atoms with Gasteiger partial charge in [0.15, 0.2) is 0 Å². The lowest BCUT2D eigenvalue weighted by molar-refractivity contribution is -0.120. The van der Waals surface area contributed by atoms with Crippen molar-refractivity contribution in [3.05, 3.63) is 35.1 Å². The number of fused-ring (bicyclic) bond motifs is 1. The number of hydrogen-bond acceptors (Lipinski definition) is 1. The van der Waals surface area contributed by atoms with Crippen molar-refractivity contribution in [1.29, 1.82) is 0 Å². The van der Waals surface area contributed by atoms with Gasteiger partial charge in [-0.2, -0.15) is 0 Å². The van der Waals surface area contributed by atoms with E-state index < -0.39 is 0 Å². The van der Waals surface area contributed by atoms with Gasteiger partial charge in [-0.15, -0.1) is 0 Å². The first-order valence-electron chi connectivity index (χ1n) is 6.44. The van der Waals surface area contributed by atoms with Crippen LogP contribution in [-0.4, -0.2) is 5.78 Å². The maximum Gasteiger partial charge on any atom is 0.140 e. The van der Waals surface area contributed by atoms with Crippen molar-refractivity contribution in [3.8, 4) is 0 Å². The van der Waals surface area contributed by atoms with E-state index in [4.69, 9.17) is 0 Å². The van der Waals surface area contributed by atoms with Gasteiger partial charge in [0.25, 0.3) is 0 Å². The number of carbonyl (C=O) groups is 1. The number of rotatable bonds is 3. The van der Waals surface area contributed by atoms with Gasteiger partial charge < -0.3 is 0 Å². The Kier molecular flexibility index (Phi) is 2.53. The Morgan fingerprint density at radius 1 is 1.35 bits per heavy atom. The standard InChI is InChI=1S/C15H17FO/c1-9-7-11(16)6-5-10(9)8-14(17)15-12-3-2-4-13(12)15/h5-7,12-13,15H,2-4,8H2,1H3. The first kappa shape index (κ1) is 10.9. The lowest BCUT2D eigenvalue weighted by Gasteiger charge is -2.06. The van der Waals surface area contributed by atoms with Gasteiger partial charge >= 0.3 is 0 Å². The predicted octanol–water partition coefficient (Wildman–Crippen LogP) is 3.29. The topological polar surface area (TPSA) is 17.1 Å². The van der Waals surface area contributed by atoms with Crippen molar-refractivity contribution in [2.75, 3.05) is 0 Å². The minimum absolute atomic E-state index is 0.220. The highest BCUT2D eigenvalue weighted by Crippen LogP contribution is 2.58. The van der Waals surface area contributed by atoms with Gasteiger partial charge in [-0.1, -0.05) is 12.5 Å². The van der Waals surface area contributed by atoms with Gasteiger partial charge in [0.1, 0.15) is 11.6 Å². The number of Topliss-reactive ketones (excluding diaryl/α,β-unsaturated/α-hetero) is 1. The van der Waals surface area contributed by atoms with E-state index in [2.05, 4.69) is 0 Å². The van der Waals surface area contributed by atoms with E-state index in [9.17, 15) is 9.18 Å². The molecular weight excluding hydrogens is 215 g/mol. The normalized spacial score (nSPS) is 30.1. The van der Waals surface area contributed by atoms with Crippen molar-refractivity contribution in [3.63, 3.8) is 0 Å². The van der Waals surface area contributed by atoms with Crippen LogP contribution in [0.1, 0.15) is 30.4 Å². The van der Waals surface area contributed by atoms with E-state index in [-0.39, 0.29) is 5.82 Å². The van der Waals surface area contributed by atoms with E-state index in [1.807, 2.05) is 6.92 Å². The zero-order valence-corrected chi connectivity index (χ0v) is 10.1. The summed E-state index contributed by atoms with van der Waals surface area (Å²) in [6.45, 7) is 1.87. The third kappa shape index (κ3) is 1.90. The second kappa shape index (κ2) is 3.94. The number of aryl methyl sites for hydroxylation is 1. The van der Waals surface area contributed by atoms with E-state index in [0.29, 0.717) is 30.0 Å². The maximum absolute atomic E-state index is 13.0. The number of ketones is 1. The molecule has 2 aliphatic carbocycles. The Morgan fingerprint density at radius 3 is 2.71 bits per heavy atom. The molecule has 2 heteroatoms. The molecule has 0 N–H and O–H groups in total. The largest absolute Gasteiger partial charge is 0.299 e. The summed E-state index contributed by atoms with van der Waals surface area (Å²) in [5.41, 5.74) is 1.88. The minimum Gasteiger partial charge on any atom is -0.299 e. The Labute approximate surface area is 101 Å². The molecule has 1 aromatic rings. The molecule has 0 bridgehead atoms. The molecule has 2 saturated carbocycles. The lowest BCUT2D eigenvalue weighted by atomic mass is 9.98. The highest BCUT2D eigenvalue weighted by molar-refractivity contribution is 5.86. The molecule has 2 fully saturated rings. The minimum atomic E-state index is -0.220. The van der Waals surface area contributed by atoms with Gasteiger partial charge in [0.2, 0.25) is 0 Å². The molecule has 0 spiro atoms. The maximum atomic E-state index is 13.0. The zero-order chi connectivity index (χ0) is 12.0. The molecule has 0 heterocycles. The van der Waals surface area contributed by atoms with Crippen molar-refractivity contribution in [2.45, 2.75) is 32.6 Å². The van der Waals surface area contributed by atoms with Gasteiger partial charge in [-0.05, 0) is 54.9 Å². The van der Waals surface area contributed by atoms with Crippen molar-refractivity contribution < 1.29 is 9.18 Å². The van der Waals surface area contributed by atoms with E-state index in [0.717, 1.165) is 11.1 Å². The summed E-state index contributed by atoms with van der Waals surface area (Å²) < 4.78 is 13.0. The summed E-state index contributed by atoms with van der Waals surface area (Å²) >= 11 is 0. The molecule has 2 aliphatic rings. The van der Waals surface area contributed by atoms with Crippen LogP contribution in [0.2, 0.25) is 0 Å². The van der Waals surface area contributed by atoms with E-state index >= 15 is 0 Å². The Hall–Kier alpha value is -1.18. The third-order valence-corrected chi connectivity index (χ3v) is 4.45. The average molecular weight is 232 g/mol. The molecule has 0 aliphatic heterocycles. The fraction of sp³-hybridized carbons (Fsp3) is 0.533. The first-order chi connectivity index (χ1) is 8.16. The Morgan fingerprint density at radius 2 is 2.06 bits per heavy atom. The summed E-state index contributed by atoms with van der Waals surface area (Å²) in [6, 6.07) is 4.71. The molecule has 1 nitrogen and oxygen atoms in total. The fourth-order valence-electron chi connectivity index (χ4n) is 3.46. The van der Waals surface area contributed by atoms with Crippen molar-refractivity contribution in [2.24, 2.45) is 17.8 Å². The molecule has 0 amide bonds. The predicted molar refractivity (Wildman–Crippen MR) is 64.2 cm³/mol. The van der Waals surface area contributed by atoms with Crippen LogP contribution in [0.15, 0.2) is 18.2 Å². The molecule has 2 unspecified atom stereocenters. The van der Waals surface area contributed by atoms with Crippen molar-refractivity contribution in [1.82, 2.24) is 0 Å². The molecule has 17 heavy (non-hydrogen) atoms. The molecule has 3 rings (SSSR count). The zero-order valence-electron chi connectivity index (χ0n) is 10.1. The van der Waals surface area contributed by atoms with Crippen LogP contribution < -0.4 is 0 Å². The smallest absolute Gasteiger partial charge is 0.140 e. The Balaban J connectivity index is 1.69. The molecular formula is C15H17FO. The summed E-state index contributed by atoms with van der Waals surface area (Å²) in [6.07, 6.45) is 4.27. The first-order valence-corrected chi connectivity index (χ1v) is 6.44. The number of benzene rings is 1. The Bertz CT molecular complexity index is 456. The van der Waals surface area contributed by atoms with Crippen LogP contribution in [0.5, 0.6) is 0 Å². The lowest BCUT2D eigenvalue weighted by Crippen LogP contribution is -2.10. The molecule has 0 radical (unpaired) electrons. The number of carbonyl (C=O) groups excluding carboxylic acids is 1. The molecule has 90 valence electrons. The van der Waals surface area contributed by atoms with Crippen LogP contribution in [0.3, 0.4) is 0 Å². The summed E-state index contributed by atoms with van der Waals surface area (Å²) in [7, 11) is 0.